The summed E-state index contributed by atoms with van der Waals surface area (Å²) in [4.78, 5) is 18.4. The zero-order valence-corrected chi connectivity index (χ0v) is 23.7. The molecule has 1 fully saturated rings. The summed E-state index contributed by atoms with van der Waals surface area (Å²) in [5.41, 5.74) is 7.24. The van der Waals surface area contributed by atoms with Gasteiger partial charge in [-0.3, -0.25) is 9.78 Å². The van der Waals surface area contributed by atoms with Gasteiger partial charge in [-0.15, -0.1) is 5.10 Å². The van der Waals surface area contributed by atoms with Crippen molar-refractivity contribution < 1.29 is 9.18 Å². The summed E-state index contributed by atoms with van der Waals surface area (Å²) >= 11 is 6.37. The van der Waals surface area contributed by atoms with Crippen molar-refractivity contribution in [3.05, 3.63) is 125 Å². The van der Waals surface area contributed by atoms with Crippen LogP contribution in [0.3, 0.4) is 0 Å². The Bertz CT molecular complexity index is 1640. The van der Waals surface area contributed by atoms with E-state index in [2.05, 4.69) is 76.2 Å². The molecule has 0 bridgehead atoms. The number of aromatic nitrogens is 5. The Kier molecular flexibility index (Phi) is 8.33. The molecule has 2 aromatic heterocycles. The van der Waals surface area contributed by atoms with Crippen molar-refractivity contribution in [2.24, 2.45) is 0 Å². The first-order valence-corrected chi connectivity index (χ1v) is 14.4. The number of hydrogen-bond donors (Lipinski definition) is 0. The van der Waals surface area contributed by atoms with E-state index in [0.29, 0.717) is 24.0 Å². The Balaban J connectivity index is 1.31. The van der Waals surface area contributed by atoms with Crippen LogP contribution in [-0.4, -0.2) is 55.8 Å². The summed E-state index contributed by atoms with van der Waals surface area (Å²) in [6, 6.07) is 28.9. The molecule has 212 valence electrons. The molecule has 0 aliphatic carbocycles. The quantitative estimate of drug-likeness (QED) is 0.211. The lowest BCUT2D eigenvalue weighted by Gasteiger charge is -2.32. The first-order valence-electron chi connectivity index (χ1n) is 14.1. The molecular formula is C33H30ClFN6O. The zero-order valence-electron chi connectivity index (χ0n) is 23.0. The number of alkyl halides is 1. The number of nitrogens with zero attached hydrogens (tertiary/aromatic N) is 6. The van der Waals surface area contributed by atoms with Crippen molar-refractivity contribution in [3.63, 3.8) is 0 Å². The maximum atomic E-state index is 12.9. The van der Waals surface area contributed by atoms with Crippen molar-refractivity contribution in [3.8, 4) is 16.8 Å². The first-order chi connectivity index (χ1) is 20.6. The van der Waals surface area contributed by atoms with Crippen molar-refractivity contribution in [2.75, 3.05) is 19.8 Å². The second-order valence-electron chi connectivity index (χ2n) is 10.6. The summed E-state index contributed by atoms with van der Waals surface area (Å²) in [6.07, 6.45) is 5.89. The predicted molar refractivity (Wildman–Crippen MR) is 160 cm³/mol. The van der Waals surface area contributed by atoms with E-state index in [-0.39, 0.29) is 5.92 Å². The van der Waals surface area contributed by atoms with Crippen molar-refractivity contribution in [2.45, 2.75) is 31.1 Å². The number of carbonyl (C=O) groups is 1. The van der Waals surface area contributed by atoms with Gasteiger partial charge in [0.2, 0.25) is 0 Å². The number of pyridine rings is 1. The highest BCUT2D eigenvalue weighted by molar-refractivity contribution is 6.31. The lowest BCUT2D eigenvalue weighted by atomic mass is 9.84. The number of rotatable bonds is 8. The van der Waals surface area contributed by atoms with Crippen LogP contribution in [0.4, 0.5) is 4.39 Å². The molecular weight excluding hydrogens is 551 g/mol. The molecule has 0 spiro atoms. The van der Waals surface area contributed by atoms with Gasteiger partial charge in [0, 0.05) is 47.0 Å². The Morgan fingerprint density at radius 3 is 2.52 bits per heavy atom. The topological polar surface area (TPSA) is 76.8 Å². The third-order valence-electron chi connectivity index (χ3n) is 8.04. The third-order valence-corrected chi connectivity index (χ3v) is 8.27. The molecule has 6 rings (SSSR count). The molecule has 3 heterocycles. The molecule has 0 N–H and O–H groups in total. The molecule has 0 radical (unpaired) electrons. The number of likely N-dealkylation sites (tertiary alicyclic amines) is 1. The molecule has 1 amide bonds. The molecule has 0 unspecified atom stereocenters. The number of halogens is 2. The smallest absolute Gasteiger partial charge is 0.253 e. The molecule has 0 saturated carbocycles. The van der Waals surface area contributed by atoms with Gasteiger partial charge in [-0.1, -0.05) is 72.3 Å². The standard InChI is InChI=1S/C33H30ClFN6O/c34-28-10-12-32(41-22-37-38-39-41)30(19-28)27-9-11-31(36-21-27)29(17-23-5-2-1-3-6-23)26-8-4-7-25(18-26)24-13-15-40(16-14-24)33(42)20-35/h1-12,18-19,21-22,24,29H,13-17,20H2/t29-/m0/s1. The summed E-state index contributed by atoms with van der Waals surface area (Å²) in [7, 11) is 0. The van der Waals surface area contributed by atoms with Crippen LogP contribution in [0.15, 0.2) is 97.5 Å². The minimum atomic E-state index is -0.927. The van der Waals surface area contributed by atoms with Gasteiger partial charge in [0.1, 0.15) is 6.33 Å². The van der Waals surface area contributed by atoms with Gasteiger partial charge in [0.05, 0.1) is 5.69 Å². The number of benzene rings is 3. The average Bonchev–Trinajstić information content (AvgIpc) is 3.59. The Morgan fingerprint density at radius 2 is 1.81 bits per heavy atom. The van der Waals surface area contributed by atoms with Crippen LogP contribution in [0.5, 0.6) is 0 Å². The minimum absolute atomic E-state index is 0.0351. The summed E-state index contributed by atoms with van der Waals surface area (Å²) in [6.45, 7) is 0.248. The Labute approximate surface area is 249 Å². The second-order valence-corrected chi connectivity index (χ2v) is 11.0. The molecule has 9 heteroatoms. The number of hydrogen-bond acceptors (Lipinski definition) is 5. The van der Waals surface area contributed by atoms with Crippen LogP contribution in [0.25, 0.3) is 16.8 Å². The molecule has 5 aromatic rings. The normalized spacial score (nSPS) is 14.6. The van der Waals surface area contributed by atoms with Gasteiger partial charge in [-0.05, 0) is 76.6 Å². The van der Waals surface area contributed by atoms with E-state index in [0.717, 1.165) is 41.8 Å². The average molecular weight is 581 g/mol. The van der Waals surface area contributed by atoms with E-state index in [9.17, 15) is 9.18 Å². The summed E-state index contributed by atoms with van der Waals surface area (Å²) in [5, 5.41) is 12.2. The van der Waals surface area contributed by atoms with Gasteiger partial charge < -0.3 is 4.90 Å². The summed E-state index contributed by atoms with van der Waals surface area (Å²) in [5.74, 6) is -0.0516. The fourth-order valence-electron chi connectivity index (χ4n) is 5.80. The third kappa shape index (κ3) is 6.09. The van der Waals surface area contributed by atoms with Crippen molar-refractivity contribution in [1.29, 1.82) is 0 Å². The van der Waals surface area contributed by atoms with Crippen molar-refractivity contribution >= 4 is 17.5 Å². The van der Waals surface area contributed by atoms with Crippen LogP contribution >= 0.6 is 11.6 Å². The lowest BCUT2D eigenvalue weighted by Crippen LogP contribution is -2.38. The van der Waals surface area contributed by atoms with Gasteiger partial charge in [0.15, 0.2) is 6.67 Å². The maximum absolute atomic E-state index is 12.9. The fraction of sp³-hybridized carbons (Fsp3) is 0.242. The van der Waals surface area contributed by atoms with Crippen LogP contribution in [-0.2, 0) is 11.2 Å². The summed E-state index contributed by atoms with van der Waals surface area (Å²) < 4.78 is 14.5. The molecule has 1 saturated heterocycles. The molecule has 7 nitrogen and oxygen atoms in total. The van der Waals surface area contributed by atoms with Gasteiger partial charge in [-0.2, -0.15) is 4.68 Å². The Hall–Kier alpha value is -4.43. The van der Waals surface area contributed by atoms with E-state index in [1.54, 1.807) is 15.9 Å². The molecule has 1 aliphatic heterocycles. The van der Waals surface area contributed by atoms with E-state index >= 15 is 0 Å². The van der Waals surface area contributed by atoms with Crippen molar-refractivity contribution in [1.82, 2.24) is 30.1 Å². The Morgan fingerprint density at radius 1 is 0.976 bits per heavy atom. The zero-order chi connectivity index (χ0) is 28.9. The number of carbonyl (C=O) groups excluding carboxylic acids is 1. The highest BCUT2D eigenvalue weighted by Crippen LogP contribution is 2.35. The van der Waals surface area contributed by atoms with E-state index < -0.39 is 12.6 Å². The molecule has 3 aromatic carbocycles. The predicted octanol–water partition coefficient (Wildman–Crippen LogP) is 6.43. The maximum Gasteiger partial charge on any atom is 0.253 e. The minimum Gasteiger partial charge on any atom is -0.340 e. The highest BCUT2D eigenvalue weighted by atomic mass is 35.5. The van der Waals surface area contributed by atoms with E-state index in [1.807, 2.05) is 30.5 Å². The largest absolute Gasteiger partial charge is 0.340 e. The SMILES string of the molecule is O=C(CF)N1CCC(c2cccc([C@H](Cc3ccccc3)c3ccc(-c4cc(Cl)ccc4-n4cnnn4)cn3)c2)CC1. The van der Waals surface area contributed by atoms with Gasteiger partial charge >= 0.3 is 0 Å². The van der Waals surface area contributed by atoms with Crippen LogP contribution in [0.2, 0.25) is 5.02 Å². The van der Waals surface area contributed by atoms with Gasteiger partial charge in [-0.25, -0.2) is 4.39 Å². The monoisotopic (exact) mass is 580 g/mol. The van der Waals surface area contributed by atoms with Crippen LogP contribution < -0.4 is 0 Å². The fourth-order valence-corrected chi connectivity index (χ4v) is 5.97. The lowest BCUT2D eigenvalue weighted by molar-refractivity contribution is -0.133. The number of amides is 1. The van der Waals surface area contributed by atoms with Crippen LogP contribution in [0, 0.1) is 0 Å². The molecule has 1 atom stereocenters. The van der Waals surface area contributed by atoms with E-state index in [1.165, 1.54) is 16.7 Å². The van der Waals surface area contributed by atoms with E-state index in [4.69, 9.17) is 16.6 Å². The highest BCUT2D eigenvalue weighted by Gasteiger charge is 2.25. The van der Waals surface area contributed by atoms with Gasteiger partial charge in [0.25, 0.3) is 5.91 Å². The molecule has 1 aliphatic rings. The van der Waals surface area contributed by atoms with Crippen LogP contribution in [0.1, 0.15) is 47.1 Å². The number of piperidine rings is 1. The number of tetrazole rings is 1. The first kappa shape index (κ1) is 27.7. The second kappa shape index (κ2) is 12.6. The molecule has 42 heavy (non-hydrogen) atoms.